The molecule has 0 saturated carbocycles. The maximum atomic E-state index is 13.9. The van der Waals surface area contributed by atoms with Crippen molar-refractivity contribution in [3.8, 4) is 11.4 Å². The minimum atomic E-state index is -0.444. The fraction of sp³-hybridized carbons (Fsp3) is 0.160. The van der Waals surface area contributed by atoms with Crippen LogP contribution in [0.15, 0.2) is 78.0 Å². The van der Waals surface area contributed by atoms with E-state index in [4.69, 9.17) is 4.74 Å². The first-order valence-corrected chi connectivity index (χ1v) is 11.4. The van der Waals surface area contributed by atoms with E-state index >= 15 is 0 Å². The molecule has 4 rings (SSSR count). The van der Waals surface area contributed by atoms with Crippen molar-refractivity contribution in [2.45, 2.75) is 25.6 Å². The molecule has 0 unspecified atom stereocenters. The van der Waals surface area contributed by atoms with E-state index in [-0.39, 0.29) is 24.0 Å². The van der Waals surface area contributed by atoms with E-state index in [0.29, 0.717) is 11.0 Å². The Morgan fingerprint density at radius 3 is 2.55 bits per heavy atom. The topological polar surface area (TPSA) is 69.0 Å². The monoisotopic (exact) mass is 462 g/mol. The summed E-state index contributed by atoms with van der Waals surface area (Å²) in [5.41, 5.74) is 3.77. The van der Waals surface area contributed by atoms with Gasteiger partial charge in [-0.25, -0.2) is 4.39 Å². The average Bonchev–Trinajstić information content (AvgIpc) is 3.23. The molecular weight excluding hydrogens is 439 g/mol. The molecular formula is C25H23FN4O2S. The number of anilines is 1. The number of carbonyl (C=O) groups excluding carboxylic acids is 1. The summed E-state index contributed by atoms with van der Waals surface area (Å²) in [6, 6.07) is 21.6. The first kappa shape index (κ1) is 22.5. The molecule has 0 aliphatic rings. The summed E-state index contributed by atoms with van der Waals surface area (Å²) in [4.78, 5) is 12.6. The van der Waals surface area contributed by atoms with Crippen LogP contribution in [0.25, 0.3) is 5.69 Å². The van der Waals surface area contributed by atoms with Gasteiger partial charge in [-0.3, -0.25) is 9.36 Å². The summed E-state index contributed by atoms with van der Waals surface area (Å²) >= 11 is 1.27. The Kier molecular flexibility index (Phi) is 7.04. The normalized spacial score (nSPS) is 10.8. The second kappa shape index (κ2) is 10.3. The molecule has 0 fully saturated rings. The lowest BCUT2D eigenvalue weighted by molar-refractivity contribution is -0.113. The predicted octanol–water partition coefficient (Wildman–Crippen LogP) is 5.33. The fourth-order valence-corrected chi connectivity index (χ4v) is 4.00. The van der Waals surface area contributed by atoms with Crippen LogP contribution in [0.1, 0.15) is 17.0 Å². The molecule has 0 spiro atoms. The van der Waals surface area contributed by atoms with Gasteiger partial charge in [0.1, 0.15) is 6.61 Å². The quantitative estimate of drug-likeness (QED) is 0.358. The van der Waals surface area contributed by atoms with Crippen molar-refractivity contribution in [2.75, 3.05) is 11.1 Å². The van der Waals surface area contributed by atoms with E-state index in [1.807, 2.05) is 66.9 Å². The number of para-hydroxylation sites is 2. The molecule has 4 aromatic rings. The Bertz CT molecular complexity index is 1260. The summed E-state index contributed by atoms with van der Waals surface area (Å²) in [7, 11) is 0. The molecule has 0 aliphatic carbocycles. The summed E-state index contributed by atoms with van der Waals surface area (Å²) in [6.07, 6.45) is 0. The summed E-state index contributed by atoms with van der Waals surface area (Å²) in [5, 5.41) is 12.0. The first-order valence-electron chi connectivity index (χ1n) is 10.4. The Morgan fingerprint density at radius 2 is 1.76 bits per heavy atom. The van der Waals surface area contributed by atoms with Crippen LogP contribution in [0.3, 0.4) is 0 Å². The van der Waals surface area contributed by atoms with E-state index in [2.05, 4.69) is 15.5 Å². The zero-order valence-electron chi connectivity index (χ0n) is 18.3. The lowest BCUT2D eigenvalue weighted by Gasteiger charge is -2.12. The minimum Gasteiger partial charge on any atom is -0.483 e. The highest BCUT2D eigenvalue weighted by Crippen LogP contribution is 2.25. The highest BCUT2D eigenvalue weighted by Gasteiger charge is 2.17. The zero-order valence-corrected chi connectivity index (χ0v) is 19.1. The molecule has 6 nitrogen and oxygen atoms in total. The van der Waals surface area contributed by atoms with Crippen LogP contribution < -0.4 is 10.1 Å². The number of benzene rings is 3. The highest BCUT2D eigenvalue weighted by molar-refractivity contribution is 7.99. The number of halogens is 1. The SMILES string of the molecule is Cc1cccc(NC(=O)CSc2nnc(COc3ccccc3F)n2-c2ccccc2)c1C. The minimum absolute atomic E-state index is 0.0259. The Balaban J connectivity index is 1.51. The lowest BCUT2D eigenvalue weighted by Crippen LogP contribution is -2.15. The Labute approximate surface area is 195 Å². The van der Waals surface area contributed by atoms with Crippen molar-refractivity contribution >= 4 is 23.4 Å². The van der Waals surface area contributed by atoms with E-state index in [1.165, 1.54) is 17.8 Å². The first-order chi connectivity index (χ1) is 16.0. The second-order valence-electron chi connectivity index (χ2n) is 7.37. The molecule has 33 heavy (non-hydrogen) atoms. The molecule has 0 radical (unpaired) electrons. The number of hydrogen-bond donors (Lipinski definition) is 1. The maximum absolute atomic E-state index is 13.9. The number of nitrogens with zero attached hydrogens (tertiary/aromatic N) is 3. The molecule has 3 aromatic carbocycles. The van der Waals surface area contributed by atoms with Gasteiger partial charge >= 0.3 is 0 Å². The number of amides is 1. The average molecular weight is 463 g/mol. The van der Waals surface area contributed by atoms with E-state index < -0.39 is 5.82 Å². The van der Waals surface area contributed by atoms with Crippen molar-refractivity contribution in [3.63, 3.8) is 0 Å². The van der Waals surface area contributed by atoms with Crippen LogP contribution in [-0.4, -0.2) is 26.4 Å². The fourth-order valence-electron chi connectivity index (χ4n) is 3.23. The number of carbonyl (C=O) groups is 1. The standard InChI is InChI=1S/C25H23FN4O2S/c1-17-9-8-13-21(18(17)2)27-24(31)16-33-25-29-28-23(30(25)19-10-4-3-5-11-19)15-32-22-14-7-6-12-20(22)26/h3-14H,15-16H2,1-2H3,(H,27,31). The van der Waals surface area contributed by atoms with E-state index in [0.717, 1.165) is 22.5 Å². The highest BCUT2D eigenvalue weighted by atomic mass is 32.2. The van der Waals surface area contributed by atoms with Crippen molar-refractivity contribution in [1.82, 2.24) is 14.8 Å². The van der Waals surface area contributed by atoms with Crippen molar-refractivity contribution in [2.24, 2.45) is 0 Å². The number of thioether (sulfide) groups is 1. The smallest absolute Gasteiger partial charge is 0.234 e. The third-order valence-electron chi connectivity index (χ3n) is 5.12. The van der Waals surface area contributed by atoms with Crippen molar-refractivity contribution in [3.05, 3.63) is 95.6 Å². The van der Waals surface area contributed by atoms with Gasteiger partial charge in [0.25, 0.3) is 0 Å². The zero-order chi connectivity index (χ0) is 23.2. The van der Waals surface area contributed by atoms with Crippen LogP contribution in [0, 0.1) is 19.7 Å². The van der Waals surface area contributed by atoms with Gasteiger partial charge in [0, 0.05) is 11.4 Å². The third kappa shape index (κ3) is 5.40. The van der Waals surface area contributed by atoms with Gasteiger partial charge in [0.15, 0.2) is 22.5 Å². The van der Waals surface area contributed by atoms with Crippen LogP contribution in [0.5, 0.6) is 5.75 Å². The lowest BCUT2D eigenvalue weighted by atomic mass is 10.1. The molecule has 8 heteroatoms. The summed E-state index contributed by atoms with van der Waals surface area (Å²) in [6.45, 7) is 4.01. The number of nitrogens with one attached hydrogen (secondary N) is 1. The largest absolute Gasteiger partial charge is 0.483 e. The van der Waals surface area contributed by atoms with E-state index in [9.17, 15) is 9.18 Å². The molecule has 1 heterocycles. The van der Waals surface area contributed by atoms with Crippen LogP contribution in [0.2, 0.25) is 0 Å². The van der Waals surface area contributed by atoms with Gasteiger partial charge in [-0.2, -0.15) is 0 Å². The Morgan fingerprint density at radius 1 is 1.00 bits per heavy atom. The van der Waals surface area contributed by atoms with Crippen LogP contribution >= 0.6 is 11.8 Å². The maximum Gasteiger partial charge on any atom is 0.234 e. The van der Waals surface area contributed by atoms with Gasteiger partial charge in [-0.05, 0) is 55.3 Å². The number of aromatic nitrogens is 3. The molecule has 168 valence electrons. The molecule has 1 aromatic heterocycles. The number of hydrogen-bond acceptors (Lipinski definition) is 5. The molecule has 1 N–H and O–H groups in total. The van der Waals surface area contributed by atoms with Gasteiger partial charge in [-0.15, -0.1) is 10.2 Å². The Hall–Kier alpha value is -3.65. The molecule has 0 saturated heterocycles. The van der Waals surface area contributed by atoms with Crippen LogP contribution in [0.4, 0.5) is 10.1 Å². The van der Waals surface area contributed by atoms with Gasteiger partial charge in [0.05, 0.1) is 5.75 Å². The molecule has 0 aliphatic heterocycles. The third-order valence-corrected chi connectivity index (χ3v) is 6.05. The van der Waals surface area contributed by atoms with Gasteiger partial charge < -0.3 is 10.1 Å². The summed E-state index contributed by atoms with van der Waals surface area (Å²) < 4.78 is 21.4. The number of ether oxygens (including phenoxy) is 1. The van der Waals surface area contributed by atoms with E-state index in [1.54, 1.807) is 18.2 Å². The number of aryl methyl sites for hydroxylation is 1. The van der Waals surface area contributed by atoms with Crippen molar-refractivity contribution < 1.29 is 13.9 Å². The molecule has 0 atom stereocenters. The number of rotatable bonds is 8. The summed E-state index contributed by atoms with van der Waals surface area (Å²) in [5.74, 6) is 0.220. The molecule has 1 amide bonds. The van der Waals surface area contributed by atoms with Crippen molar-refractivity contribution in [1.29, 1.82) is 0 Å². The van der Waals surface area contributed by atoms with Crippen LogP contribution in [-0.2, 0) is 11.4 Å². The van der Waals surface area contributed by atoms with Gasteiger partial charge in [0.2, 0.25) is 5.91 Å². The second-order valence-corrected chi connectivity index (χ2v) is 8.32. The predicted molar refractivity (Wildman–Crippen MR) is 127 cm³/mol. The van der Waals surface area contributed by atoms with Gasteiger partial charge in [-0.1, -0.05) is 54.2 Å². The molecule has 0 bridgehead atoms.